The second-order valence-corrected chi connectivity index (χ2v) is 11.9. The van der Waals surface area contributed by atoms with Crippen molar-refractivity contribution in [1.82, 2.24) is 0 Å². The van der Waals surface area contributed by atoms with Crippen molar-refractivity contribution in [2.45, 2.75) is 89.4 Å². The quantitative estimate of drug-likeness (QED) is 0.323. The highest BCUT2D eigenvalue weighted by Crippen LogP contribution is 2.63. The van der Waals surface area contributed by atoms with Crippen LogP contribution in [0.25, 0.3) is 0 Å². The van der Waals surface area contributed by atoms with E-state index in [1.54, 1.807) is 25.7 Å². The summed E-state index contributed by atoms with van der Waals surface area (Å²) in [5.41, 5.74) is 0. The maximum atomic E-state index is 2.95. The summed E-state index contributed by atoms with van der Waals surface area (Å²) in [5.74, 6) is 7.98. The Bertz CT molecular complexity index is 403. The fraction of sp³-hybridized carbons (Fsp3) is 1.00. The largest absolute Gasteiger partial charge is 0.0783 e. The average molecular weight is 430 g/mol. The van der Waals surface area contributed by atoms with Crippen LogP contribution in [0.4, 0.5) is 0 Å². The summed E-state index contributed by atoms with van der Waals surface area (Å²) in [4.78, 5) is 0. The first-order chi connectivity index (χ1) is 10.9. The highest BCUT2D eigenvalue weighted by molar-refractivity contribution is 14.1. The van der Waals surface area contributed by atoms with E-state index in [1.165, 1.54) is 25.7 Å². The smallest absolute Gasteiger partial charge is 0.0281 e. The van der Waals surface area contributed by atoms with Crippen molar-refractivity contribution in [2.24, 2.45) is 47.3 Å². The predicted octanol–water partition coefficient (Wildman–Crippen LogP) is 7.35. The van der Waals surface area contributed by atoms with E-state index in [1.807, 2.05) is 0 Å². The Labute approximate surface area is 159 Å². The van der Waals surface area contributed by atoms with Gasteiger partial charge in [-0.25, -0.2) is 0 Å². The summed E-state index contributed by atoms with van der Waals surface area (Å²) in [6.07, 6.45) is 12.1. The van der Waals surface area contributed by atoms with Crippen molar-refractivity contribution < 1.29 is 0 Å². The van der Waals surface area contributed by atoms with Crippen molar-refractivity contribution in [3.63, 3.8) is 0 Å². The number of hydrogen-bond acceptors (Lipinski definition) is 0. The van der Waals surface area contributed by atoms with E-state index >= 15 is 0 Å². The molecule has 0 radical (unpaired) electrons. The molecule has 0 aliphatic heterocycles. The molecule has 1 heteroatoms. The van der Waals surface area contributed by atoms with Gasteiger partial charge in [-0.3, -0.25) is 0 Å². The van der Waals surface area contributed by atoms with E-state index in [4.69, 9.17) is 0 Å². The standard InChI is InChI=1S/C22H39I/c1-6-9-22(23)16(5)15(4)20-13-19-12-18(19)8-7-17(10-14(2)3)11-21(20)22/h14-21H,6-13H2,1-5H3/t15-,16?,17?,18?,19?,20?,21?,22-/m1/s1. The Kier molecular flexibility index (Phi) is 5.76. The number of hydrogen-bond donors (Lipinski definition) is 0. The molecule has 0 nitrogen and oxygen atoms in total. The van der Waals surface area contributed by atoms with Gasteiger partial charge in [-0.2, -0.15) is 0 Å². The van der Waals surface area contributed by atoms with E-state index in [0.29, 0.717) is 3.42 Å². The minimum absolute atomic E-state index is 0.584. The van der Waals surface area contributed by atoms with Crippen LogP contribution in [0.5, 0.6) is 0 Å². The van der Waals surface area contributed by atoms with E-state index in [9.17, 15) is 0 Å². The number of halogens is 1. The van der Waals surface area contributed by atoms with Crippen LogP contribution in [-0.4, -0.2) is 3.42 Å². The lowest BCUT2D eigenvalue weighted by Crippen LogP contribution is -2.35. The van der Waals surface area contributed by atoms with Crippen molar-refractivity contribution >= 4 is 22.6 Å². The van der Waals surface area contributed by atoms with Crippen molar-refractivity contribution in [2.75, 3.05) is 0 Å². The van der Waals surface area contributed by atoms with Gasteiger partial charge in [0.25, 0.3) is 0 Å². The predicted molar refractivity (Wildman–Crippen MR) is 110 cm³/mol. The van der Waals surface area contributed by atoms with Gasteiger partial charge in [0.15, 0.2) is 0 Å². The molecule has 0 amide bonds. The van der Waals surface area contributed by atoms with Crippen molar-refractivity contribution in [1.29, 1.82) is 0 Å². The van der Waals surface area contributed by atoms with Gasteiger partial charge in [-0.05, 0) is 85.9 Å². The second-order valence-electron chi connectivity index (χ2n) is 9.90. The zero-order valence-electron chi connectivity index (χ0n) is 16.2. The van der Waals surface area contributed by atoms with E-state index in [0.717, 1.165) is 47.3 Å². The molecule has 23 heavy (non-hydrogen) atoms. The first-order valence-electron chi connectivity index (χ1n) is 10.6. The summed E-state index contributed by atoms with van der Waals surface area (Å²) < 4.78 is 0.584. The van der Waals surface area contributed by atoms with E-state index in [-0.39, 0.29) is 0 Å². The molecule has 8 atom stereocenters. The summed E-state index contributed by atoms with van der Waals surface area (Å²) in [6.45, 7) is 12.5. The first kappa shape index (κ1) is 18.5. The van der Waals surface area contributed by atoms with Crippen molar-refractivity contribution in [3.8, 4) is 0 Å². The van der Waals surface area contributed by atoms with Gasteiger partial charge in [0.1, 0.15) is 0 Å². The molecule has 3 fully saturated rings. The third-order valence-electron chi connectivity index (χ3n) is 7.97. The van der Waals surface area contributed by atoms with Gasteiger partial charge in [-0.1, -0.05) is 70.1 Å². The van der Waals surface area contributed by atoms with E-state index < -0.39 is 0 Å². The fourth-order valence-electron chi connectivity index (χ4n) is 6.52. The number of fused-ring (bicyclic) bond motifs is 2. The van der Waals surface area contributed by atoms with Crippen LogP contribution in [0.15, 0.2) is 0 Å². The Balaban J connectivity index is 1.86. The average Bonchev–Trinajstić information content (AvgIpc) is 3.19. The molecule has 3 aliphatic carbocycles. The lowest BCUT2D eigenvalue weighted by atomic mass is 9.75. The minimum atomic E-state index is 0.584. The Morgan fingerprint density at radius 1 is 1.04 bits per heavy atom. The molecule has 0 saturated heterocycles. The molecule has 0 spiro atoms. The molecule has 3 saturated carbocycles. The lowest BCUT2D eigenvalue weighted by molar-refractivity contribution is 0.215. The Morgan fingerprint density at radius 3 is 2.43 bits per heavy atom. The molecule has 0 aromatic heterocycles. The molecule has 0 heterocycles. The van der Waals surface area contributed by atoms with Gasteiger partial charge in [0, 0.05) is 3.42 Å². The molecule has 0 N–H and O–H groups in total. The first-order valence-corrected chi connectivity index (χ1v) is 11.6. The van der Waals surface area contributed by atoms with Gasteiger partial charge in [0.05, 0.1) is 0 Å². The van der Waals surface area contributed by atoms with Gasteiger partial charge in [0.2, 0.25) is 0 Å². The minimum Gasteiger partial charge on any atom is -0.0783 e. The van der Waals surface area contributed by atoms with Gasteiger partial charge < -0.3 is 0 Å². The van der Waals surface area contributed by atoms with Crippen LogP contribution in [0.2, 0.25) is 0 Å². The highest BCUT2D eigenvalue weighted by atomic mass is 127. The Hall–Kier alpha value is 0.730. The molecular formula is C22H39I. The van der Waals surface area contributed by atoms with Crippen LogP contribution in [0.1, 0.15) is 86.0 Å². The van der Waals surface area contributed by atoms with E-state index in [2.05, 4.69) is 57.2 Å². The highest BCUT2D eigenvalue weighted by Gasteiger charge is 2.56. The lowest BCUT2D eigenvalue weighted by Gasteiger charge is -2.37. The third-order valence-corrected chi connectivity index (χ3v) is 10.3. The maximum absolute atomic E-state index is 2.95. The topological polar surface area (TPSA) is 0 Å². The van der Waals surface area contributed by atoms with Crippen LogP contribution < -0.4 is 0 Å². The summed E-state index contributed by atoms with van der Waals surface area (Å²) >= 11 is 2.95. The molecule has 3 rings (SSSR count). The molecule has 6 unspecified atom stereocenters. The van der Waals surface area contributed by atoms with Crippen LogP contribution >= 0.6 is 22.6 Å². The van der Waals surface area contributed by atoms with Crippen molar-refractivity contribution in [3.05, 3.63) is 0 Å². The van der Waals surface area contributed by atoms with Crippen LogP contribution in [-0.2, 0) is 0 Å². The fourth-order valence-corrected chi connectivity index (χ4v) is 8.35. The molecule has 134 valence electrons. The monoisotopic (exact) mass is 430 g/mol. The zero-order valence-corrected chi connectivity index (χ0v) is 18.3. The summed E-state index contributed by atoms with van der Waals surface area (Å²) in [6, 6.07) is 0. The van der Waals surface area contributed by atoms with Crippen LogP contribution in [0.3, 0.4) is 0 Å². The second kappa shape index (κ2) is 7.16. The maximum Gasteiger partial charge on any atom is 0.0281 e. The number of alkyl halides is 1. The zero-order chi connectivity index (χ0) is 16.8. The molecule has 0 aromatic carbocycles. The van der Waals surface area contributed by atoms with Gasteiger partial charge >= 0.3 is 0 Å². The van der Waals surface area contributed by atoms with Gasteiger partial charge in [-0.15, -0.1) is 0 Å². The summed E-state index contributed by atoms with van der Waals surface area (Å²) in [5, 5.41) is 0. The SMILES string of the molecule is CCC[C@]1(I)C2CC(CC(C)C)CCC3CC3CC2[C@H](C)C1C. The molecular weight excluding hydrogens is 391 g/mol. The third kappa shape index (κ3) is 3.65. The molecule has 0 aromatic rings. The number of rotatable bonds is 4. The summed E-state index contributed by atoms with van der Waals surface area (Å²) in [7, 11) is 0. The normalized spacial score (nSPS) is 50.0. The molecule has 3 aliphatic rings. The molecule has 0 bridgehead atoms. The van der Waals surface area contributed by atoms with Crippen LogP contribution in [0, 0.1) is 47.3 Å². The Morgan fingerprint density at radius 2 is 1.78 bits per heavy atom.